The van der Waals surface area contributed by atoms with Gasteiger partial charge in [0.25, 0.3) is 11.8 Å². The maximum Gasteiger partial charge on any atom is 0.261 e. The second-order valence-electron chi connectivity index (χ2n) is 12.2. The van der Waals surface area contributed by atoms with Crippen LogP contribution in [0.4, 0.5) is 5.69 Å². The second kappa shape index (κ2) is 10.7. The zero-order chi connectivity index (χ0) is 29.8. The molecule has 1 saturated heterocycles. The number of aliphatic hydroxyl groups excluding tert-OH is 1. The Bertz CT molecular complexity index is 1730. The average molecular weight is 578 g/mol. The number of aromatic nitrogens is 1. The fourth-order valence-electron chi connectivity index (χ4n) is 6.77. The number of benzene rings is 2. The SMILES string of the molecule is Cc1ccc2c(ccn2C[C@H](O)CN=C2C=CCC(=O)C2=C2Cc3cc4c(cc3N2)C(=O)N(C2CCN(C)CC2)C4=O)c1. The van der Waals surface area contributed by atoms with E-state index in [1.54, 1.807) is 12.1 Å². The molecular weight excluding hydrogens is 542 g/mol. The summed E-state index contributed by atoms with van der Waals surface area (Å²) in [6.07, 6.45) is 7.14. The third-order valence-electron chi connectivity index (χ3n) is 9.07. The molecule has 4 heterocycles. The van der Waals surface area contributed by atoms with Crippen LogP contribution in [0.1, 0.15) is 51.1 Å². The Morgan fingerprint density at radius 1 is 1.05 bits per heavy atom. The predicted octanol–water partition coefficient (Wildman–Crippen LogP) is 3.89. The molecule has 1 aromatic heterocycles. The van der Waals surface area contributed by atoms with Crippen molar-refractivity contribution >= 4 is 39.9 Å². The molecule has 0 spiro atoms. The molecule has 7 rings (SSSR count). The van der Waals surface area contributed by atoms with Crippen LogP contribution in [-0.4, -0.2) is 81.6 Å². The van der Waals surface area contributed by atoms with Crippen molar-refractivity contribution in [2.75, 3.05) is 32.0 Å². The molecule has 0 unspecified atom stereocenters. The van der Waals surface area contributed by atoms with Crippen molar-refractivity contribution in [2.45, 2.75) is 51.3 Å². The van der Waals surface area contributed by atoms with E-state index in [9.17, 15) is 19.5 Å². The van der Waals surface area contributed by atoms with Crippen LogP contribution in [0.15, 0.2) is 71.0 Å². The van der Waals surface area contributed by atoms with Gasteiger partial charge in [-0.2, -0.15) is 0 Å². The van der Waals surface area contributed by atoms with Gasteiger partial charge in [0.05, 0.1) is 41.6 Å². The molecule has 0 bridgehead atoms. The van der Waals surface area contributed by atoms with Crippen LogP contribution >= 0.6 is 0 Å². The van der Waals surface area contributed by atoms with Crippen LogP contribution in [0.3, 0.4) is 0 Å². The lowest BCUT2D eigenvalue weighted by Crippen LogP contribution is -2.46. The summed E-state index contributed by atoms with van der Waals surface area (Å²) in [7, 11) is 2.05. The normalized spacial score (nSPS) is 22.5. The van der Waals surface area contributed by atoms with Crippen molar-refractivity contribution < 1.29 is 19.5 Å². The second-order valence-corrected chi connectivity index (χ2v) is 12.2. The number of nitrogens with one attached hydrogen (secondary N) is 1. The fourth-order valence-corrected chi connectivity index (χ4v) is 6.77. The molecule has 1 fully saturated rings. The number of ketones is 1. The molecule has 0 saturated carbocycles. The number of aryl methyl sites for hydroxylation is 1. The van der Waals surface area contributed by atoms with Crippen molar-refractivity contribution in [3.63, 3.8) is 0 Å². The molecule has 2 amide bonds. The lowest BCUT2D eigenvalue weighted by Gasteiger charge is -2.33. The summed E-state index contributed by atoms with van der Waals surface area (Å²) in [6, 6.07) is 11.8. The first-order valence-corrected chi connectivity index (χ1v) is 15.0. The topological polar surface area (TPSA) is 107 Å². The number of carbonyl (C=O) groups excluding carboxylic acids is 3. The highest BCUT2D eigenvalue weighted by Gasteiger charge is 2.42. The molecular formula is C34H35N5O4. The monoisotopic (exact) mass is 577 g/mol. The van der Waals surface area contributed by atoms with Gasteiger partial charge in [0.1, 0.15) is 0 Å². The number of imide groups is 1. The number of allylic oxidation sites excluding steroid dienone is 4. The minimum atomic E-state index is -0.734. The van der Waals surface area contributed by atoms with Crippen LogP contribution in [0, 0.1) is 6.92 Å². The van der Waals surface area contributed by atoms with Gasteiger partial charge in [-0.15, -0.1) is 0 Å². The van der Waals surface area contributed by atoms with Crippen LogP contribution in [0.25, 0.3) is 10.9 Å². The van der Waals surface area contributed by atoms with E-state index >= 15 is 0 Å². The number of aliphatic hydroxyl groups is 1. The molecule has 9 heteroatoms. The van der Waals surface area contributed by atoms with E-state index in [-0.39, 0.29) is 36.6 Å². The van der Waals surface area contributed by atoms with Crippen LogP contribution < -0.4 is 5.32 Å². The molecule has 0 radical (unpaired) electrons. The Hall–Kier alpha value is -4.34. The number of amides is 2. The highest BCUT2D eigenvalue weighted by molar-refractivity contribution is 6.29. The third kappa shape index (κ3) is 4.92. The summed E-state index contributed by atoms with van der Waals surface area (Å²) in [5.74, 6) is -0.512. The van der Waals surface area contributed by atoms with Crippen molar-refractivity contribution in [3.8, 4) is 0 Å². The van der Waals surface area contributed by atoms with E-state index < -0.39 is 6.10 Å². The number of hydrogen-bond donors (Lipinski definition) is 2. The van der Waals surface area contributed by atoms with Gasteiger partial charge in [-0.1, -0.05) is 17.7 Å². The Morgan fingerprint density at radius 2 is 1.81 bits per heavy atom. The number of carbonyl (C=O) groups is 3. The average Bonchev–Trinajstić information content (AvgIpc) is 3.65. The summed E-state index contributed by atoms with van der Waals surface area (Å²) < 4.78 is 2.02. The van der Waals surface area contributed by atoms with Crippen LogP contribution in [-0.2, 0) is 17.8 Å². The number of likely N-dealkylation sites (tertiary alicyclic amines) is 1. The van der Waals surface area contributed by atoms with E-state index in [0.29, 0.717) is 41.1 Å². The molecule has 2 aromatic carbocycles. The lowest BCUT2D eigenvalue weighted by molar-refractivity contribution is -0.114. The zero-order valence-electron chi connectivity index (χ0n) is 24.5. The van der Waals surface area contributed by atoms with Gasteiger partial charge in [-0.3, -0.25) is 24.3 Å². The summed E-state index contributed by atoms with van der Waals surface area (Å²) in [5, 5.41) is 15.4. The van der Waals surface area contributed by atoms with E-state index in [0.717, 1.165) is 48.1 Å². The van der Waals surface area contributed by atoms with Gasteiger partial charge in [-0.25, -0.2) is 0 Å². The maximum atomic E-state index is 13.4. The molecule has 220 valence electrons. The van der Waals surface area contributed by atoms with E-state index in [4.69, 9.17) is 0 Å². The number of Topliss-reactive ketones (excluding diaryl/α,β-unsaturated/α-hetero) is 1. The van der Waals surface area contributed by atoms with Gasteiger partial charge in [-0.05, 0) is 87.3 Å². The van der Waals surface area contributed by atoms with Crippen molar-refractivity contribution in [1.29, 1.82) is 0 Å². The Labute approximate surface area is 250 Å². The first kappa shape index (κ1) is 27.5. The predicted molar refractivity (Wildman–Crippen MR) is 166 cm³/mol. The number of aliphatic imine (C=N–C) groups is 1. The Balaban J connectivity index is 1.10. The quantitative estimate of drug-likeness (QED) is 0.352. The molecule has 1 aliphatic carbocycles. The smallest absolute Gasteiger partial charge is 0.261 e. The number of rotatable bonds is 5. The van der Waals surface area contributed by atoms with Gasteiger partial charge in [0.15, 0.2) is 5.78 Å². The van der Waals surface area contributed by atoms with Crippen molar-refractivity contribution in [3.05, 3.63) is 88.3 Å². The molecule has 1 atom stereocenters. The minimum Gasteiger partial charge on any atom is -0.389 e. The third-order valence-corrected chi connectivity index (χ3v) is 9.07. The fraction of sp³-hybridized carbons (Fsp3) is 0.353. The zero-order valence-corrected chi connectivity index (χ0v) is 24.5. The van der Waals surface area contributed by atoms with E-state index in [1.807, 2.05) is 29.0 Å². The largest absolute Gasteiger partial charge is 0.389 e. The first-order valence-electron chi connectivity index (χ1n) is 15.0. The van der Waals surface area contributed by atoms with Crippen LogP contribution in [0.2, 0.25) is 0 Å². The Kier molecular flexibility index (Phi) is 6.86. The van der Waals surface area contributed by atoms with Gasteiger partial charge in [0, 0.05) is 42.0 Å². The summed E-state index contributed by atoms with van der Waals surface area (Å²) in [4.78, 5) is 48.2. The highest BCUT2D eigenvalue weighted by Crippen LogP contribution is 2.38. The molecule has 43 heavy (non-hydrogen) atoms. The number of piperidine rings is 1. The summed E-state index contributed by atoms with van der Waals surface area (Å²) in [6.45, 7) is 4.31. The number of nitrogens with zero attached hydrogens (tertiary/aromatic N) is 4. The molecule has 2 N–H and O–H groups in total. The highest BCUT2D eigenvalue weighted by atomic mass is 16.3. The van der Waals surface area contributed by atoms with Crippen LogP contribution in [0.5, 0.6) is 0 Å². The maximum absolute atomic E-state index is 13.4. The van der Waals surface area contributed by atoms with Gasteiger partial charge in [0.2, 0.25) is 0 Å². The van der Waals surface area contributed by atoms with Crippen molar-refractivity contribution in [1.82, 2.24) is 14.4 Å². The summed E-state index contributed by atoms with van der Waals surface area (Å²) >= 11 is 0. The van der Waals surface area contributed by atoms with E-state index in [2.05, 4.69) is 47.4 Å². The minimum absolute atomic E-state index is 0.0500. The van der Waals surface area contributed by atoms with E-state index in [1.165, 1.54) is 10.5 Å². The lowest BCUT2D eigenvalue weighted by atomic mass is 9.94. The van der Waals surface area contributed by atoms with Gasteiger partial charge < -0.3 is 19.9 Å². The Morgan fingerprint density at radius 3 is 2.60 bits per heavy atom. The number of hydrogen-bond acceptors (Lipinski definition) is 7. The molecule has 3 aliphatic heterocycles. The molecule has 3 aromatic rings. The number of fused-ring (bicyclic) bond motifs is 3. The summed E-state index contributed by atoms with van der Waals surface area (Å²) in [5.41, 5.74) is 6.46. The van der Waals surface area contributed by atoms with Crippen molar-refractivity contribution in [2.24, 2.45) is 4.99 Å². The standard InChI is InChI=1S/C34H35N5O4/c1-20-6-7-30-21(14-20)8-13-38(30)19-24(40)18-35-27-4-3-5-31(41)32(27)29-16-22-15-25-26(17-28(22)36-29)34(43)39(33(25)42)23-9-11-37(2)12-10-23/h3-4,6-8,13-15,17,23-24,36,40H,5,9-12,16,18-19H2,1-2H3/t24-/m1/s1. The number of anilines is 1. The first-order chi connectivity index (χ1) is 20.8. The molecule has 9 nitrogen and oxygen atoms in total. The van der Waals surface area contributed by atoms with Gasteiger partial charge >= 0.3 is 0 Å². The molecule has 4 aliphatic rings.